The lowest BCUT2D eigenvalue weighted by atomic mass is 10.1. The maximum absolute atomic E-state index is 12.5. The molecule has 140 valence electrons. The van der Waals surface area contributed by atoms with E-state index >= 15 is 0 Å². The first-order valence-electron chi connectivity index (χ1n) is 8.71. The van der Waals surface area contributed by atoms with Gasteiger partial charge in [0, 0.05) is 11.8 Å². The number of thioether (sulfide) groups is 1. The monoisotopic (exact) mass is 382 g/mol. The van der Waals surface area contributed by atoms with Gasteiger partial charge in [-0.05, 0) is 43.2 Å². The van der Waals surface area contributed by atoms with Crippen molar-refractivity contribution in [2.24, 2.45) is 0 Å². The van der Waals surface area contributed by atoms with Crippen LogP contribution in [0.25, 0.3) is 5.69 Å². The molecule has 1 aromatic heterocycles. The van der Waals surface area contributed by atoms with Gasteiger partial charge >= 0.3 is 0 Å². The molecule has 1 atom stereocenters. The largest absolute Gasteiger partial charge is 0.497 e. The third kappa shape index (κ3) is 4.68. The van der Waals surface area contributed by atoms with Gasteiger partial charge in [0.2, 0.25) is 5.91 Å². The molecule has 0 saturated heterocycles. The Kier molecular flexibility index (Phi) is 6.13. The van der Waals surface area contributed by atoms with Gasteiger partial charge in [-0.3, -0.25) is 9.36 Å². The molecule has 6 nitrogen and oxygen atoms in total. The average Bonchev–Trinajstić information content (AvgIpc) is 3.16. The van der Waals surface area contributed by atoms with Crippen molar-refractivity contribution in [2.75, 3.05) is 12.4 Å². The number of ether oxygens (including phenoxy) is 1. The smallest absolute Gasteiger partial charge is 0.237 e. The van der Waals surface area contributed by atoms with E-state index in [1.165, 1.54) is 17.3 Å². The van der Waals surface area contributed by atoms with Crippen LogP contribution < -0.4 is 10.1 Å². The zero-order valence-electron chi connectivity index (χ0n) is 15.5. The van der Waals surface area contributed by atoms with E-state index in [-0.39, 0.29) is 11.2 Å². The topological polar surface area (TPSA) is 69.0 Å². The second kappa shape index (κ2) is 8.73. The van der Waals surface area contributed by atoms with Crippen LogP contribution in [-0.2, 0) is 11.2 Å². The fourth-order valence-electron chi connectivity index (χ4n) is 2.52. The first-order valence-corrected chi connectivity index (χ1v) is 9.59. The van der Waals surface area contributed by atoms with Gasteiger partial charge in [0.25, 0.3) is 0 Å². The first-order chi connectivity index (χ1) is 13.1. The lowest BCUT2D eigenvalue weighted by Gasteiger charge is -2.13. The quantitative estimate of drug-likeness (QED) is 0.627. The van der Waals surface area contributed by atoms with E-state index in [4.69, 9.17) is 4.74 Å². The summed E-state index contributed by atoms with van der Waals surface area (Å²) in [4.78, 5) is 12.5. The van der Waals surface area contributed by atoms with Crippen molar-refractivity contribution in [1.82, 2.24) is 14.8 Å². The van der Waals surface area contributed by atoms with Gasteiger partial charge in [-0.2, -0.15) is 0 Å². The Labute approximate surface area is 163 Å². The van der Waals surface area contributed by atoms with Gasteiger partial charge in [0.1, 0.15) is 12.1 Å². The third-order valence-corrected chi connectivity index (χ3v) is 5.19. The van der Waals surface area contributed by atoms with Crippen LogP contribution in [0.5, 0.6) is 5.75 Å². The molecule has 2 aromatic carbocycles. The predicted octanol–water partition coefficient (Wildman–Crippen LogP) is 3.96. The molecule has 3 rings (SSSR count). The summed E-state index contributed by atoms with van der Waals surface area (Å²) in [7, 11) is 1.63. The van der Waals surface area contributed by atoms with E-state index < -0.39 is 0 Å². The Morgan fingerprint density at radius 2 is 2.04 bits per heavy atom. The van der Waals surface area contributed by atoms with E-state index in [0.717, 1.165) is 23.5 Å². The lowest BCUT2D eigenvalue weighted by Crippen LogP contribution is -2.22. The maximum Gasteiger partial charge on any atom is 0.237 e. The van der Waals surface area contributed by atoms with Gasteiger partial charge < -0.3 is 10.1 Å². The minimum absolute atomic E-state index is 0.0792. The van der Waals surface area contributed by atoms with E-state index in [1.807, 2.05) is 60.0 Å². The van der Waals surface area contributed by atoms with Crippen molar-refractivity contribution < 1.29 is 9.53 Å². The van der Waals surface area contributed by atoms with Gasteiger partial charge in [0.15, 0.2) is 5.16 Å². The van der Waals surface area contributed by atoms with E-state index in [9.17, 15) is 4.79 Å². The Bertz CT molecular complexity index is 908. The summed E-state index contributed by atoms with van der Waals surface area (Å²) in [6.45, 7) is 3.95. The number of methoxy groups -OCH3 is 1. The standard InChI is InChI=1S/C20H22N4O2S/c1-4-15-8-10-16(11-9-15)22-19(25)14(2)27-20-23-21-13-24(20)17-6-5-7-18(12-17)26-3/h5-14H,4H2,1-3H3,(H,22,25)/t14-/m1/s1. The molecule has 0 bridgehead atoms. The van der Waals surface area contributed by atoms with E-state index in [2.05, 4.69) is 22.4 Å². The molecule has 0 radical (unpaired) electrons. The molecular formula is C20H22N4O2S. The first kappa shape index (κ1) is 19.0. The Hall–Kier alpha value is -2.80. The molecule has 0 aliphatic carbocycles. The zero-order valence-corrected chi connectivity index (χ0v) is 16.4. The van der Waals surface area contributed by atoms with Crippen molar-refractivity contribution in [3.63, 3.8) is 0 Å². The van der Waals surface area contributed by atoms with Crippen LogP contribution in [0.15, 0.2) is 60.0 Å². The summed E-state index contributed by atoms with van der Waals surface area (Å²) < 4.78 is 7.11. The summed E-state index contributed by atoms with van der Waals surface area (Å²) in [6.07, 6.45) is 2.60. The number of anilines is 1. The highest BCUT2D eigenvalue weighted by molar-refractivity contribution is 8.00. The number of hydrogen-bond donors (Lipinski definition) is 1. The van der Waals surface area contributed by atoms with Crippen molar-refractivity contribution >= 4 is 23.4 Å². The minimum atomic E-state index is -0.329. The predicted molar refractivity (Wildman–Crippen MR) is 108 cm³/mol. The van der Waals surface area contributed by atoms with Gasteiger partial charge in [-0.25, -0.2) is 0 Å². The van der Waals surface area contributed by atoms with Gasteiger partial charge in [-0.15, -0.1) is 10.2 Å². The summed E-state index contributed by atoms with van der Waals surface area (Å²) in [5.74, 6) is 0.669. The second-order valence-electron chi connectivity index (χ2n) is 5.98. The normalized spacial score (nSPS) is 11.8. The molecule has 0 saturated carbocycles. The van der Waals surface area contributed by atoms with Crippen LogP contribution in [0.4, 0.5) is 5.69 Å². The fourth-order valence-corrected chi connectivity index (χ4v) is 3.36. The highest BCUT2D eigenvalue weighted by atomic mass is 32.2. The molecule has 27 heavy (non-hydrogen) atoms. The van der Waals surface area contributed by atoms with Gasteiger partial charge in [0.05, 0.1) is 18.0 Å². The highest BCUT2D eigenvalue weighted by Gasteiger charge is 2.18. The molecule has 1 N–H and O–H groups in total. The van der Waals surface area contributed by atoms with Crippen LogP contribution in [-0.4, -0.2) is 33.0 Å². The van der Waals surface area contributed by atoms with Gasteiger partial charge in [-0.1, -0.05) is 36.9 Å². The number of aryl methyl sites for hydroxylation is 1. The zero-order chi connectivity index (χ0) is 19.2. The highest BCUT2D eigenvalue weighted by Crippen LogP contribution is 2.26. The number of nitrogens with one attached hydrogen (secondary N) is 1. The second-order valence-corrected chi connectivity index (χ2v) is 7.29. The van der Waals surface area contributed by atoms with E-state index in [1.54, 1.807) is 13.4 Å². The number of benzene rings is 2. The third-order valence-electron chi connectivity index (χ3n) is 4.13. The number of aromatic nitrogens is 3. The number of amides is 1. The molecular weight excluding hydrogens is 360 g/mol. The van der Waals surface area contributed by atoms with Crippen LogP contribution in [0, 0.1) is 0 Å². The van der Waals surface area contributed by atoms with Crippen molar-refractivity contribution in [1.29, 1.82) is 0 Å². The summed E-state index contributed by atoms with van der Waals surface area (Å²) in [6, 6.07) is 15.5. The van der Waals surface area contributed by atoms with Crippen molar-refractivity contribution in [3.05, 3.63) is 60.4 Å². The summed E-state index contributed by atoms with van der Waals surface area (Å²) >= 11 is 1.36. The van der Waals surface area contributed by atoms with Crippen molar-refractivity contribution in [2.45, 2.75) is 30.7 Å². The Morgan fingerprint density at radius 1 is 1.26 bits per heavy atom. The molecule has 3 aromatic rings. The number of nitrogens with zero attached hydrogens (tertiary/aromatic N) is 3. The summed E-state index contributed by atoms with van der Waals surface area (Å²) in [5.41, 5.74) is 2.91. The van der Waals surface area contributed by atoms with Crippen molar-refractivity contribution in [3.8, 4) is 11.4 Å². The van der Waals surface area contributed by atoms with Crippen LogP contribution in [0.1, 0.15) is 19.4 Å². The van der Waals surface area contributed by atoms with E-state index in [0.29, 0.717) is 5.16 Å². The maximum atomic E-state index is 12.5. The molecule has 0 unspecified atom stereocenters. The molecule has 0 fully saturated rings. The molecule has 1 amide bonds. The Morgan fingerprint density at radius 3 is 2.74 bits per heavy atom. The fraction of sp³-hybridized carbons (Fsp3) is 0.250. The molecule has 0 aliphatic heterocycles. The van der Waals surface area contributed by atoms with Crippen LogP contribution >= 0.6 is 11.8 Å². The molecule has 0 spiro atoms. The number of hydrogen-bond acceptors (Lipinski definition) is 5. The lowest BCUT2D eigenvalue weighted by molar-refractivity contribution is -0.115. The van der Waals surface area contributed by atoms with Crippen LogP contribution in [0.3, 0.4) is 0 Å². The summed E-state index contributed by atoms with van der Waals surface area (Å²) in [5, 5.41) is 11.4. The van der Waals surface area contributed by atoms with Crippen LogP contribution in [0.2, 0.25) is 0 Å². The number of rotatable bonds is 7. The Balaban J connectivity index is 1.69. The SMILES string of the molecule is CCc1ccc(NC(=O)[C@@H](C)Sc2nncn2-c2cccc(OC)c2)cc1. The molecule has 0 aliphatic rings. The number of carbonyl (C=O) groups is 1. The minimum Gasteiger partial charge on any atom is -0.497 e. The average molecular weight is 382 g/mol. The molecule has 7 heteroatoms. The number of carbonyl (C=O) groups excluding carboxylic acids is 1. The molecule has 1 heterocycles.